The summed E-state index contributed by atoms with van der Waals surface area (Å²) in [5.74, 6) is 1.68. The highest BCUT2D eigenvalue weighted by molar-refractivity contribution is 6.28. The van der Waals surface area contributed by atoms with Gasteiger partial charge in [-0.1, -0.05) is 6.92 Å². The number of hydrogen-bond acceptors (Lipinski definition) is 3. The maximum Gasteiger partial charge on any atom is 0.193 e. The summed E-state index contributed by atoms with van der Waals surface area (Å²) in [7, 11) is 0. The molecule has 102 valence electrons. The summed E-state index contributed by atoms with van der Waals surface area (Å²) >= 11 is 5.87. The van der Waals surface area contributed by atoms with Gasteiger partial charge in [0.1, 0.15) is 5.76 Å². The van der Waals surface area contributed by atoms with Gasteiger partial charge in [0.2, 0.25) is 0 Å². The Hall–Kier alpha value is -0.510. The molecule has 1 fully saturated rings. The first-order valence-corrected chi connectivity index (χ1v) is 7.23. The van der Waals surface area contributed by atoms with Gasteiger partial charge >= 0.3 is 0 Å². The largest absolute Gasteiger partial charge is 0.448 e. The molecule has 0 radical (unpaired) electrons. The summed E-state index contributed by atoms with van der Waals surface area (Å²) in [6.45, 7) is 4.97. The predicted octanol–water partition coefficient (Wildman–Crippen LogP) is 3.79. The first-order valence-electron chi connectivity index (χ1n) is 6.86. The van der Waals surface area contributed by atoms with Gasteiger partial charge in [0.25, 0.3) is 0 Å². The first kappa shape index (κ1) is 13.9. The van der Waals surface area contributed by atoms with E-state index >= 15 is 0 Å². The quantitative estimate of drug-likeness (QED) is 0.855. The van der Waals surface area contributed by atoms with Crippen molar-refractivity contribution in [2.24, 2.45) is 5.92 Å². The standard InChI is InChI=1S/C14H22ClNO2/c1-2-7-16-12(13-3-4-14(15)18-13)10-11-5-8-17-9-6-11/h3-4,11-12,16H,2,5-10H2,1H3. The molecule has 2 rings (SSSR count). The molecule has 1 aromatic rings. The molecule has 3 nitrogen and oxygen atoms in total. The van der Waals surface area contributed by atoms with E-state index in [-0.39, 0.29) is 6.04 Å². The van der Waals surface area contributed by atoms with Crippen LogP contribution < -0.4 is 5.32 Å². The van der Waals surface area contributed by atoms with E-state index in [1.807, 2.05) is 12.1 Å². The number of furan rings is 1. The van der Waals surface area contributed by atoms with Crippen molar-refractivity contribution < 1.29 is 9.15 Å². The summed E-state index contributed by atoms with van der Waals surface area (Å²) in [5.41, 5.74) is 0. The van der Waals surface area contributed by atoms with Crippen LogP contribution in [0.1, 0.15) is 44.4 Å². The minimum Gasteiger partial charge on any atom is -0.448 e. The molecule has 1 aliphatic rings. The van der Waals surface area contributed by atoms with Crippen molar-refractivity contribution in [3.63, 3.8) is 0 Å². The van der Waals surface area contributed by atoms with Gasteiger partial charge in [-0.15, -0.1) is 0 Å². The van der Waals surface area contributed by atoms with Gasteiger partial charge in [0, 0.05) is 13.2 Å². The predicted molar refractivity (Wildman–Crippen MR) is 72.9 cm³/mol. The average molecular weight is 272 g/mol. The van der Waals surface area contributed by atoms with Crippen molar-refractivity contribution in [1.29, 1.82) is 0 Å². The zero-order valence-electron chi connectivity index (χ0n) is 11.0. The van der Waals surface area contributed by atoms with Gasteiger partial charge in [0.15, 0.2) is 5.22 Å². The van der Waals surface area contributed by atoms with Crippen LogP contribution >= 0.6 is 11.6 Å². The number of hydrogen-bond donors (Lipinski definition) is 1. The fraction of sp³-hybridized carbons (Fsp3) is 0.714. The molecular weight excluding hydrogens is 250 g/mol. The molecule has 0 spiro atoms. The highest BCUT2D eigenvalue weighted by atomic mass is 35.5. The lowest BCUT2D eigenvalue weighted by atomic mass is 9.91. The Bertz CT molecular complexity index is 347. The van der Waals surface area contributed by atoms with Crippen LogP contribution in [0.5, 0.6) is 0 Å². The third-order valence-corrected chi connectivity index (χ3v) is 3.69. The normalized spacial score (nSPS) is 19.0. The van der Waals surface area contributed by atoms with Gasteiger partial charge in [-0.2, -0.15) is 0 Å². The second-order valence-electron chi connectivity index (χ2n) is 4.94. The van der Waals surface area contributed by atoms with Crippen LogP contribution in [0.2, 0.25) is 5.22 Å². The van der Waals surface area contributed by atoms with Crippen LogP contribution in [0.3, 0.4) is 0 Å². The fourth-order valence-electron chi connectivity index (χ4n) is 2.45. The van der Waals surface area contributed by atoms with E-state index in [1.165, 1.54) is 0 Å². The number of ether oxygens (including phenoxy) is 1. The molecule has 4 heteroatoms. The lowest BCUT2D eigenvalue weighted by molar-refractivity contribution is 0.0596. The molecule has 1 atom stereocenters. The number of nitrogens with one attached hydrogen (secondary N) is 1. The van der Waals surface area contributed by atoms with Crippen molar-refractivity contribution in [2.45, 2.75) is 38.6 Å². The van der Waals surface area contributed by atoms with Crippen LogP contribution in [-0.4, -0.2) is 19.8 Å². The summed E-state index contributed by atoms with van der Waals surface area (Å²) in [5, 5.41) is 4.03. The molecule has 18 heavy (non-hydrogen) atoms. The Labute approximate surface area is 114 Å². The Balaban J connectivity index is 1.95. The van der Waals surface area contributed by atoms with Crippen molar-refractivity contribution in [3.8, 4) is 0 Å². The average Bonchev–Trinajstić information content (AvgIpc) is 2.82. The molecule has 2 heterocycles. The molecule has 0 aromatic carbocycles. The highest BCUT2D eigenvalue weighted by Crippen LogP contribution is 2.29. The second-order valence-corrected chi connectivity index (χ2v) is 5.31. The molecule has 1 aromatic heterocycles. The lowest BCUT2D eigenvalue weighted by Gasteiger charge is -2.26. The molecule has 0 bridgehead atoms. The van der Waals surface area contributed by atoms with Crippen LogP contribution in [0.25, 0.3) is 0 Å². The van der Waals surface area contributed by atoms with E-state index in [1.54, 1.807) is 0 Å². The van der Waals surface area contributed by atoms with E-state index in [4.69, 9.17) is 20.8 Å². The van der Waals surface area contributed by atoms with E-state index in [2.05, 4.69) is 12.2 Å². The zero-order valence-corrected chi connectivity index (χ0v) is 11.7. The minimum absolute atomic E-state index is 0.278. The summed E-state index contributed by atoms with van der Waals surface area (Å²) in [6.07, 6.45) is 4.53. The lowest BCUT2D eigenvalue weighted by Crippen LogP contribution is -2.26. The van der Waals surface area contributed by atoms with Crippen LogP contribution in [0, 0.1) is 5.92 Å². The van der Waals surface area contributed by atoms with Gasteiger partial charge < -0.3 is 14.5 Å². The Morgan fingerprint density at radius 2 is 2.17 bits per heavy atom. The monoisotopic (exact) mass is 271 g/mol. The van der Waals surface area contributed by atoms with Crippen LogP contribution in [0.15, 0.2) is 16.5 Å². The first-order chi connectivity index (χ1) is 8.79. The van der Waals surface area contributed by atoms with Crippen LogP contribution in [-0.2, 0) is 4.74 Å². The third kappa shape index (κ3) is 4.01. The fourth-order valence-corrected chi connectivity index (χ4v) is 2.60. The zero-order chi connectivity index (χ0) is 12.8. The summed E-state index contributed by atoms with van der Waals surface area (Å²) < 4.78 is 11.0. The Morgan fingerprint density at radius 3 is 2.78 bits per heavy atom. The maximum atomic E-state index is 5.87. The van der Waals surface area contributed by atoms with Gasteiger partial charge in [-0.25, -0.2) is 0 Å². The Kier molecular flexibility index (Phi) is 5.54. The molecule has 1 N–H and O–H groups in total. The maximum absolute atomic E-state index is 5.87. The minimum atomic E-state index is 0.278. The molecule has 1 aliphatic heterocycles. The van der Waals surface area contributed by atoms with Crippen molar-refractivity contribution in [1.82, 2.24) is 5.32 Å². The SMILES string of the molecule is CCCNC(CC1CCOCC1)c1ccc(Cl)o1. The topological polar surface area (TPSA) is 34.4 Å². The summed E-state index contributed by atoms with van der Waals surface area (Å²) in [6, 6.07) is 4.08. The van der Waals surface area contributed by atoms with Gasteiger partial charge in [-0.3, -0.25) is 0 Å². The molecule has 0 amide bonds. The molecule has 1 saturated heterocycles. The van der Waals surface area contributed by atoms with E-state index in [0.717, 1.165) is 57.1 Å². The molecule has 1 unspecified atom stereocenters. The van der Waals surface area contributed by atoms with E-state index < -0.39 is 0 Å². The van der Waals surface area contributed by atoms with Crippen molar-refractivity contribution >= 4 is 11.6 Å². The number of halogens is 1. The third-order valence-electron chi connectivity index (χ3n) is 3.49. The van der Waals surface area contributed by atoms with E-state index in [9.17, 15) is 0 Å². The molecular formula is C14H22ClNO2. The molecule has 0 aliphatic carbocycles. The Morgan fingerprint density at radius 1 is 1.39 bits per heavy atom. The van der Waals surface area contributed by atoms with Gasteiger partial charge in [0.05, 0.1) is 6.04 Å². The smallest absolute Gasteiger partial charge is 0.193 e. The van der Waals surface area contributed by atoms with Crippen LogP contribution in [0.4, 0.5) is 0 Å². The second kappa shape index (κ2) is 7.17. The number of rotatable bonds is 6. The molecule has 0 saturated carbocycles. The van der Waals surface area contributed by atoms with Crippen molar-refractivity contribution in [3.05, 3.63) is 23.1 Å². The van der Waals surface area contributed by atoms with Crippen molar-refractivity contribution in [2.75, 3.05) is 19.8 Å². The highest BCUT2D eigenvalue weighted by Gasteiger charge is 2.22. The summed E-state index contributed by atoms with van der Waals surface area (Å²) in [4.78, 5) is 0. The van der Waals surface area contributed by atoms with Gasteiger partial charge in [-0.05, 0) is 61.9 Å². The van der Waals surface area contributed by atoms with E-state index in [0.29, 0.717) is 5.22 Å².